The number of fused-ring (bicyclic) bond motifs is 1. The van der Waals surface area contributed by atoms with E-state index in [2.05, 4.69) is 5.32 Å². The standard InChI is InChI=1S/C16H20N2O3/c19-15(17-12-6-2-1-3-7-12)10-14-16(20)18-9-5-4-8-13(18)11-21-14/h1-3,6-7,13-14H,4-5,8-11H2,(H,17,19). The Balaban J connectivity index is 1.57. The Labute approximate surface area is 124 Å². The van der Waals surface area contributed by atoms with E-state index in [0.717, 1.165) is 31.5 Å². The molecule has 3 rings (SSSR count). The molecule has 2 amide bonds. The van der Waals surface area contributed by atoms with Gasteiger partial charge in [0.25, 0.3) is 5.91 Å². The Kier molecular flexibility index (Phi) is 4.20. The maximum absolute atomic E-state index is 12.4. The van der Waals surface area contributed by atoms with Crippen molar-refractivity contribution >= 4 is 17.5 Å². The van der Waals surface area contributed by atoms with Crippen LogP contribution in [0.3, 0.4) is 0 Å². The summed E-state index contributed by atoms with van der Waals surface area (Å²) in [6, 6.07) is 9.45. The molecule has 0 saturated carbocycles. The van der Waals surface area contributed by atoms with Crippen molar-refractivity contribution in [2.75, 3.05) is 18.5 Å². The highest BCUT2D eigenvalue weighted by Gasteiger charge is 2.38. The average molecular weight is 288 g/mol. The van der Waals surface area contributed by atoms with E-state index in [9.17, 15) is 9.59 Å². The highest BCUT2D eigenvalue weighted by atomic mass is 16.5. The third-order valence-corrected chi connectivity index (χ3v) is 4.10. The third kappa shape index (κ3) is 3.24. The summed E-state index contributed by atoms with van der Waals surface area (Å²) in [4.78, 5) is 26.3. The number of carbonyl (C=O) groups excluding carboxylic acids is 2. The summed E-state index contributed by atoms with van der Waals surface area (Å²) < 4.78 is 5.62. The molecule has 0 aliphatic carbocycles. The molecule has 2 heterocycles. The minimum Gasteiger partial charge on any atom is -0.366 e. The molecule has 2 fully saturated rings. The van der Waals surface area contributed by atoms with E-state index in [0.29, 0.717) is 6.61 Å². The lowest BCUT2D eigenvalue weighted by Crippen LogP contribution is -2.56. The number of rotatable bonds is 3. The van der Waals surface area contributed by atoms with Crippen molar-refractivity contribution in [3.63, 3.8) is 0 Å². The molecule has 2 saturated heterocycles. The average Bonchev–Trinajstić information content (AvgIpc) is 2.51. The number of benzene rings is 1. The van der Waals surface area contributed by atoms with Crippen molar-refractivity contribution in [3.05, 3.63) is 30.3 Å². The molecule has 5 heteroatoms. The van der Waals surface area contributed by atoms with Crippen LogP contribution in [-0.4, -0.2) is 42.0 Å². The number of anilines is 1. The Morgan fingerprint density at radius 3 is 2.90 bits per heavy atom. The lowest BCUT2D eigenvalue weighted by Gasteiger charge is -2.41. The number of piperidine rings is 1. The van der Waals surface area contributed by atoms with Crippen LogP contribution in [0.1, 0.15) is 25.7 Å². The molecule has 2 aliphatic rings. The predicted octanol–water partition coefficient (Wildman–Crippen LogP) is 1.80. The van der Waals surface area contributed by atoms with E-state index in [1.165, 1.54) is 0 Å². The van der Waals surface area contributed by atoms with Gasteiger partial charge in [0, 0.05) is 12.2 Å². The fraction of sp³-hybridized carbons (Fsp3) is 0.500. The minimum atomic E-state index is -0.636. The van der Waals surface area contributed by atoms with Gasteiger partial charge in [-0.15, -0.1) is 0 Å². The molecule has 21 heavy (non-hydrogen) atoms. The van der Waals surface area contributed by atoms with Gasteiger partial charge in [0.2, 0.25) is 5.91 Å². The molecule has 2 atom stereocenters. The van der Waals surface area contributed by atoms with E-state index in [1.807, 2.05) is 35.2 Å². The first-order chi connectivity index (χ1) is 10.2. The number of morpholine rings is 1. The fourth-order valence-corrected chi connectivity index (χ4v) is 3.00. The molecule has 1 N–H and O–H groups in total. The van der Waals surface area contributed by atoms with Gasteiger partial charge in [-0.25, -0.2) is 0 Å². The zero-order chi connectivity index (χ0) is 14.7. The molecule has 0 radical (unpaired) electrons. The third-order valence-electron chi connectivity index (χ3n) is 4.10. The van der Waals surface area contributed by atoms with Gasteiger partial charge in [0.15, 0.2) is 0 Å². The Morgan fingerprint density at radius 2 is 2.10 bits per heavy atom. The normalized spacial score (nSPS) is 25.3. The van der Waals surface area contributed by atoms with Gasteiger partial charge in [-0.3, -0.25) is 9.59 Å². The second kappa shape index (κ2) is 6.26. The van der Waals surface area contributed by atoms with Gasteiger partial charge in [0.1, 0.15) is 6.10 Å². The van der Waals surface area contributed by atoms with Gasteiger partial charge in [-0.1, -0.05) is 18.2 Å². The Bertz CT molecular complexity index is 518. The number of ether oxygens (including phenoxy) is 1. The molecular weight excluding hydrogens is 268 g/mol. The quantitative estimate of drug-likeness (QED) is 0.922. The highest BCUT2D eigenvalue weighted by Crippen LogP contribution is 2.24. The number of para-hydroxylation sites is 1. The smallest absolute Gasteiger partial charge is 0.252 e. The molecule has 2 aliphatic heterocycles. The zero-order valence-electron chi connectivity index (χ0n) is 12.0. The van der Waals surface area contributed by atoms with Crippen LogP contribution in [0.2, 0.25) is 0 Å². The SMILES string of the molecule is O=C(CC1OCC2CCCCN2C1=O)Nc1ccccc1. The van der Waals surface area contributed by atoms with E-state index in [4.69, 9.17) is 4.74 Å². The van der Waals surface area contributed by atoms with Gasteiger partial charge >= 0.3 is 0 Å². The molecule has 0 spiro atoms. The predicted molar refractivity (Wildman–Crippen MR) is 78.8 cm³/mol. The summed E-state index contributed by atoms with van der Waals surface area (Å²) in [5, 5.41) is 2.79. The molecule has 5 nitrogen and oxygen atoms in total. The van der Waals surface area contributed by atoms with Crippen LogP contribution >= 0.6 is 0 Å². The number of amides is 2. The maximum atomic E-state index is 12.4. The molecular formula is C16H20N2O3. The first-order valence-electron chi connectivity index (χ1n) is 7.51. The maximum Gasteiger partial charge on any atom is 0.252 e. The topological polar surface area (TPSA) is 58.6 Å². The van der Waals surface area contributed by atoms with Gasteiger partial charge in [0.05, 0.1) is 19.1 Å². The van der Waals surface area contributed by atoms with Crippen molar-refractivity contribution in [2.45, 2.75) is 37.8 Å². The van der Waals surface area contributed by atoms with Gasteiger partial charge < -0.3 is 15.0 Å². The van der Waals surface area contributed by atoms with Crippen molar-refractivity contribution in [3.8, 4) is 0 Å². The summed E-state index contributed by atoms with van der Waals surface area (Å²) >= 11 is 0. The summed E-state index contributed by atoms with van der Waals surface area (Å²) in [7, 11) is 0. The van der Waals surface area contributed by atoms with Crippen LogP contribution < -0.4 is 5.32 Å². The lowest BCUT2D eigenvalue weighted by molar-refractivity contribution is -0.163. The molecule has 0 bridgehead atoms. The van der Waals surface area contributed by atoms with E-state index in [-0.39, 0.29) is 24.3 Å². The number of nitrogens with one attached hydrogen (secondary N) is 1. The summed E-state index contributed by atoms with van der Waals surface area (Å²) in [5.41, 5.74) is 0.738. The van der Waals surface area contributed by atoms with Crippen LogP contribution in [0.15, 0.2) is 30.3 Å². The van der Waals surface area contributed by atoms with Crippen molar-refractivity contribution in [1.82, 2.24) is 4.90 Å². The van der Waals surface area contributed by atoms with Gasteiger partial charge in [-0.2, -0.15) is 0 Å². The number of nitrogens with zero attached hydrogens (tertiary/aromatic N) is 1. The van der Waals surface area contributed by atoms with Crippen molar-refractivity contribution < 1.29 is 14.3 Å². The van der Waals surface area contributed by atoms with Gasteiger partial charge in [-0.05, 0) is 31.4 Å². The highest BCUT2D eigenvalue weighted by molar-refractivity contribution is 5.95. The number of hydrogen-bond donors (Lipinski definition) is 1. The summed E-state index contributed by atoms with van der Waals surface area (Å²) in [5.74, 6) is -0.218. The monoisotopic (exact) mass is 288 g/mol. The Hall–Kier alpha value is -1.88. The number of carbonyl (C=O) groups is 2. The van der Waals surface area contributed by atoms with Crippen LogP contribution in [0, 0.1) is 0 Å². The number of hydrogen-bond acceptors (Lipinski definition) is 3. The molecule has 0 aromatic heterocycles. The molecule has 2 unspecified atom stereocenters. The van der Waals surface area contributed by atoms with Crippen molar-refractivity contribution in [2.24, 2.45) is 0 Å². The van der Waals surface area contributed by atoms with Crippen LogP contribution in [0.25, 0.3) is 0 Å². The zero-order valence-corrected chi connectivity index (χ0v) is 12.0. The first-order valence-corrected chi connectivity index (χ1v) is 7.51. The van der Waals surface area contributed by atoms with Crippen LogP contribution in [0.4, 0.5) is 5.69 Å². The molecule has 112 valence electrons. The van der Waals surface area contributed by atoms with Crippen LogP contribution in [-0.2, 0) is 14.3 Å². The lowest BCUT2D eigenvalue weighted by atomic mass is 9.99. The molecule has 1 aromatic rings. The van der Waals surface area contributed by atoms with E-state index in [1.54, 1.807) is 0 Å². The summed E-state index contributed by atoms with van der Waals surface area (Å²) in [6.07, 6.45) is 2.65. The van der Waals surface area contributed by atoms with Crippen LogP contribution in [0.5, 0.6) is 0 Å². The van der Waals surface area contributed by atoms with E-state index < -0.39 is 6.10 Å². The minimum absolute atomic E-state index is 0.0332. The molecule has 1 aromatic carbocycles. The largest absolute Gasteiger partial charge is 0.366 e. The fourth-order valence-electron chi connectivity index (χ4n) is 3.00. The second-order valence-electron chi connectivity index (χ2n) is 5.62. The second-order valence-corrected chi connectivity index (χ2v) is 5.62. The van der Waals surface area contributed by atoms with E-state index >= 15 is 0 Å². The summed E-state index contributed by atoms with van der Waals surface area (Å²) in [6.45, 7) is 1.35. The van der Waals surface area contributed by atoms with Crippen molar-refractivity contribution in [1.29, 1.82) is 0 Å². The Morgan fingerprint density at radius 1 is 1.29 bits per heavy atom. The first kappa shape index (κ1) is 14.1.